The Bertz CT molecular complexity index is 541. The third-order valence-corrected chi connectivity index (χ3v) is 4.08. The molecule has 1 aromatic rings. The third-order valence-electron chi connectivity index (χ3n) is 4.08. The molecule has 1 aliphatic heterocycles. The molecule has 21 heavy (non-hydrogen) atoms. The molecule has 2 atom stereocenters. The van der Waals surface area contributed by atoms with Gasteiger partial charge in [0, 0.05) is 6.54 Å². The van der Waals surface area contributed by atoms with Crippen molar-refractivity contribution in [2.24, 2.45) is 0 Å². The molecule has 0 aliphatic carbocycles. The maximum atomic E-state index is 12.7. The molecule has 2 rings (SSSR count). The molecule has 1 fully saturated rings. The lowest BCUT2D eigenvalue weighted by Gasteiger charge is -2.46. The van der Waals surface area contributed by atoms with E-state index in [4.69, 9.17) is 0 Å². The monoisotopic (exact) mass is 286 g/mol. The van der Waals surface area contributed by atoms with E-state index in [0.29, 0.717) is 13.0 Å². The fourth-order valence-corrected chi connectivity index (χ4v) is 2.83. The second-order valence-corrected chi connectivity index (χ2v) is 5.49. The number of hydrogen-bond donors (Lipinski definition) is 1. The predicted molar refractivity (Wildman–Crippen MR) is 82.5 cm³/mol. The minimum Gasteiger partial charge on any atom is -0.342 e. The highest BCUT2D eigenvalue weighted by Gasteiger charge is 2.49. The van der Waals surface area contributed by atoms with Gasteiger partial charge in [0.15, 0.2) is 0 Å². The lowest BCUT2D eigenvalue weighted by Crippen LogP contribution is -2.67. The van der Waals surface area contributed by atoms with E-state index in [0.717, 1.165) is 12.0 Å². The maximum absolute atomic E-state index is 12.7. The average Bonchev–Trinajstić information content (AvgIpc) is 2.50. The van der Waals surface area contributed by atoms with E-state index in [1.54, 1.807) is 17.9 Å². The van der Waals surface area contributed by atoms with Gasteiger partial charge < -0.3 is 10.2 Å². The fraction of sp³-hybridized carbons (Fsp3) is 0.412. The Kier molecular flexibility index (Phi) is 4.46. The molecule has 0 radical (unpaired) electrons. The third kappa shape index (κ3) is 2.58. The average molecular weight is 286 g/mol. The molecule has 0 bridgehead atoms. The minimum absolute atomic E-state index is 0.0392. The Balaban J connectivity index is 2.45. The van der Waals surface area contributed by atoms with Gasteiger partial charge in [-0.05, 0) is 18.9 Å². The second-order valence-electron chi connectivity index (χ2n) is 5.49. The van der Waals surface area contributed by atoms with E-state index >= 15 is 0 Å². The van der Waals surface area contributed by atoms with E-state index in [-0.39, 0.29) is 11.8 Å². The summed E-state index contributed by atoms with van der Waals surface area (Å²) in [5.41, 5.74) is -0.177. The summed E-state index contributed by atoms with van der Waals surface area (Å²) in [6.07, 6.45) is 3.17. The van der Waals surface area contributed by atoms with Gasteiger partial charge in [-0.2, -0.15) is 0 Å². The predicted octanol–water partition coefficient (Wildman–Crippen LogP) is 2.21. The van der Waals surface area contributed by atoms with Gasteiger partial charge in [0.2, 0.25) is 5.91 Å². The SMILES string of the molecule is C=CCN1C(=O)C(CCC)NC(=O)C1(C)c1ccccc1. The smallest absolute Gasteiger partial charge is 0.251 e. The highest BCUT2D eigenvalue weighted by molar-refractivity contribution is 6.00. The molecular weight excluding hydrogens is 264 g/mol. The largest absolute Gasteiger partial charge is 0.342 e. The molecule has 112 valence electrons. The van der Waals surface area contributed by atoms with Crippen molar-refractivity contribution < 1.29 is 9.59 Å². The van der Waals surface area contributed by atoms with Gasteiger partial charge in [-0.1, -0.05) is 49.8 Å². The lowest BCUT2D eigenvalue weighted by molar-refractivity contribution is -0.156. The Labute approximate surface area is 125 Å². The Hall–Kier alpha value is -2.10. The summed E-state index contributed by atoms with van der Waals surface area (Å²) in [4.78, 5) is 27.0. The van der Waals surface area contributed by atoms with Gasteiger partial charge >= 0.3 is 0 Å². The van der Waals surface area contributed by atoms with Gasteiger partial charge in [0.05, 0.1) is 0 Å². The van der Waals surface area contributed by atoms with E-state index in [9.17, 15) is 9.59 Å². The number of nitrogens with one attached hydrogen (secondary N) is 1. The molecule has 1 aromatic carbocycles. The topological polar surface area (TPSA) is 49.4 Å². The quantitative estimate of drug-likeness (QED) is 0.844. The van der Waals surface area contributed by atoms with Crippen molar-refractivity contribution in [1.82, 2.24) is 10.2 Å². The lowest BCUT2D eigenvalue weighted by atomic mass is 9.85. The zero-order valence-corrected chi connectivity index (χ0v) is 12.6. The van der Waals surface area contributed by atoms with E-state index in [1.807, 2.05) is 37.3 Å². The van der Waals surface area contributed by atoms with Gasteiger partial charge in [0.1, 0.15) is 11.6 Å². The Morgan fingerprint density at radius 3 is 2.57 bits per heavy atom. The van der Waals surface area contributed by atoms with E-state index < -0.39 is 11.6 Å². The van der Waals surface area contributed by atoms with Crippen molar-refractivity contribution in [3.05, 3.63) is 48.6 Å². The highest BCUT2D eigenvalue weighted by Crippen LogP contribution is 2.32. The zero-order valence-electron chi connectivity index (χ0n) is 12.6. The van der Waals surface area contributed by atoms with Gasteiger partial charge in [-0.3, -0.25) is 9.59 Å². The van der Waals surface area contributed by atoms with Crippen molar-refractivity contribution in [3.63, 3.8) is 0 Å². The molecule has 2 amide bonds. The van der Waals surface area contributed by atoms with Crippen LogP contribution >= 0.6 is 0 Å². The number of amides is 2. The first-order chi connectivity index (χ1) is 10.1. The van der Waals surface area contributed by atoms with Crippen LogP contribution in [0.3, 0.4) is 0 Å². The van der Waals surface area contributed by atoms with Gasteiger partial charge in [-0.15, -0.1) is 6.58 Å². The molecule has 1 aliphatic rings. The highest BCUT2D eigenvalue weighted by atomic mass is 16.2. The van der Waals surface area contributed by atoms with Crippen LogP contribution < -0.4 is 5.32 Å². The molecule has 1 saturated heterocycles. The summed E-state index contributed by atoms with van der Waals surface area (Å²) in [7, 11) is 0. The van der Waals surface area contributed by atoms with E-state index in [1.165, 1.54) is 0 Å². The van der Waals surface area contributed by atoms with Crippen molar-refractivity contribution in [2.75, 3.05) is 6.54 Å². The molecule has 1 heterocycles. The van der Waals surface area contributed by atoms with Crippen molar-refractivity contribution >= 4 is 11.8 Å². The normalized spacial score (nSPS) is 25.6. The Morgan fingerprint density at radius 1 is 1.33 bits per heavy atom. The number of rotatable bonds is 5. The molecule has 0 aromatic heterocycles. The van der Waals surface area contributed by atoms with Crippen molar-refractivity contribution in [3.8, 4) is 0 Å². The van der Waals surface area contributed by atoms with Crippen LogP contribution in [0.2, 0.25) is 0 Å². The van der Waals surface area contributed by atoms with Gasteiger partial charge in [-0.25, -0.2) is 0 Å². The standard InChI is InChI=1S/C17H22N2O2/c1-4-9-14-15(20)19(12-5-2)17(3,16(21)18-14)13-10-7-6-8-11-13/h5-8,10-11,14H,2,4,9,12H2,1,3H3,(H,18,21). The molecule has 1 N–H and O–H groups in total. The maximum Gasteiger partial charge on any atom is 0.251 e. The van der Waals surface area contributed by atoms with Crippen LogP contribution in [-0.2, 0) is 15.1 Å². The van der Waals surface area contributed by atoms with Crippen molar-refractivity contribution in [2.45, 2.75) is 38.3 Å². The number of carbonyl (C=O) groups is 2. The molecule has 4 nitrogen and oxygen atoms in total. The number of benzene rings is 1. The summed E-state index contributed by atoms with van der Waals surface area (Å²) < 4.78 is 0. The first-order valence-corrected chi connectivity index (χ1v) is 7.34. The summed E-state index contributed by atoms with van der Waals surface area (Å²) >= 11 is 0. The minimum atomic E-state index is -0.989. The first-order valence-electron chi connectivity index (χ1n) is 7.34. The molecule has 0 spiro atoms. The zero-order chi connectivity index (χ0) is 15.5. The van der Waals surface area contributed by atoms with Crippen LogP contribution in [-0.4, -0.2) is 29.3 Å². The summed E-state index contributed by atoms with van der Waals surface area (Å²) in [6.45, 7) is 7.87. The van der Waals surface area contributed by atoms with Crippen molar-refractivity contribution in [1.29, 1.82) is 0 Å². The summed E-state index contributed by atoms with van der Waals surface area (Å²) in [6, 6.07) is 8.98. The van der Waals surface area contributed by atoms with Crippen LogP contribution in [0.4, 0.5) is 0 Å². The summed E-state index contributed by atoms with van der Waals surface area (Å²) in [5, 5.41) is 2.88. The van der Waals surface area contributed by atoms with Crippen LogP contribution in [0.5, 0.6) is 0 Å². The molecule has 4 heteroatoms. The van der Waals surface area contributed by atoms with Crippen LogP contribution in [0.15, 0.2) is 43.0 Å². The number of carbonyl (C=O) groups excluding carboxylic acids is 2. The number of hydrogen-bond acceptors (Lipinski definition) is 2. The Morgan fingerprint density at radius 2 is 2.00 bits per heavy atom. The van der Waals surface area contributed by atoms with Crippen LogP contribution in [0.1, 0.15) is 32.3 Å². The van der Waals surface area contributed by atoms with Gasteiger partial charge in [0.25, 0.3) is 5.91 Å². The number of piperazine rings is 1. The first kappa shape index (κ1) is 15.3. The molecule has 0 saturated carbocycles. The summed E-state index contributed by atoms with van der Waals surface area (Å²) in [5.74, 6) is -0.170. The van der Waals surface area contributed by atoms with Crippen LogP contribution in [0.25, 0.3) is 0 Å². The molecular formula is C17H22N2O2. The second kappa shape index (κ2) is 6.12. The van der Waals surface area contributed by atoms with Crippen LogP contribution in [0, 0.1) is 0 Å². The fourth-order valence-electron chi connectivity index (χ4n) is 2.83. The molecule has 2 unspecified atom stereocenters. The number of nitrogens with zero attached hydrogens (tertiary/aromatic N) is 1. The van der Waals surface area contributed by atoms with E-state index in [2.05, 4.69) is 11.9 Å².